The molecule has 0 aromatic heterocycles. The van der Waals surface area contributed by atoms with E-state index >= 15 is 0 Å². The number of rotatable bonds is 7. The summed E-state index contributed by atoms with van der Waals surface area (Å²) < 4.78 is 33.2. The third kappa shape index (κ3) is 8.08. The molecule has 202 valence electrons. The first-order valence-electron chi connectivity index (χ1n) is 12.9. The number of nitrogens with zero attached hydrogens (tertiary/aromatic N) is 2. The highest BCUT2D eigenvalue weighted by molar-refractivity contribution is 7.89. The molecule has 2 saturated heterocycles. The summed E-state index contributed by atoms with van der Waals surface area (Å²) in [5.41, 5.74) is -0.0637. The van der Waals surface area contributed by atoms with Crippen LogP contribution in [0.5, 0.6) is 0 Å². The van der Waals surface area contributed by atoms with Gasteiger partial charge in [0, 0.05) is 33.1 Å². The maximum absolute atomic E-state index is 13.1. The average Bonchev–Trinajstić information content (AvgIpc) is 2.80. The number of hydrogen-bond donors (Lipinski definition) is 1. The number of piperidine rings is 2. The van der Waals surface area contributed by atoms with E-state index in [1.165, 1.54) is 25.1 Å². The Bertz CT molecular complexity index is 1020. The van der Waals surface area contributed by atoms with Crippen molar-refractivity contribution in [2.75, 3.05) is 31.5 Å². The second-order valence-corrected chi connectivity index (χ2v) is 13.4. The lowest BCUT2D eigenvalue weighted by Crippen LogP contribution is -2.41. The number of nitrogens with one attached hydrogen (secondary N) is 1. The lowest BCUT2D eigenvalue weighted by Gasteiger charge is -2.34. The van der Waals surface area contributed by atoms with Crippen LogP contribution in [0.15, 0.2) is 23.1 Å². The summed E-state index contributed by atoms with van der Waals surface area (Å²) in [4.78, 5) is 25.5. The Morgan fingerprint density at radius 3 is 2.08 bits per heavy atom. The first kappa shape index (κ1) is 28.7. The third-order valence-corrected chi connectivity index (χ3v) is 9.16. The van der Waals surface area contributed by atoms with E-state index in [1.807, 2.05) is 25.7 Å². The molecule has 0 atom stereocenters. The van der Waals surface area contributed by atoms with Crippen molar-refractivity contribution in [1.82, 2.24) is 9.21 Å². The van der Waals surface area contributed by atoms with Gasteiger partial charge in [0.25, 0.3) is 0 Å². The molecule has 8 nitrogen and oxygen atoms in total. The highest BCUT2D eigenvalue weighted by Crippen LogP contribution is 2.31. The summed E-state index contributed by atoms with van der Waals surface area (Å²) >= 11 is 6.19. The number of anilines is 1. The molecule has 1 N–H and O–H groups in total. The number of likely N-dealkylation sites (tertiary alicyclic amines) is 1. The minimum atomic E-state index is -3.62. The monoisotopic (exact) mass is 541 g/mol. The van der Waals surface area contributed by atoms with Gasteiger partial charge in [0.1, 0.15) is 5.60 Å². The molecule has 2 fully saturated rings. The number of carbonyl (C=O) groups is 2. The van der Waals surface area contributed by atoms with Crippen LogP contribution in [-0.4, -0.2) is 61.4 Å². The van der Waals surface area contributed by atoms with E-state index < -0.39 is 15.6 Å². The Kier molecular flexibility index (Phi) is 9.68. The molecule has 2 aliphatic rings. The minimum absolute atomic E-state index is 0.151. The molecular formula is C26H40ClN3O5S. The Labute approximate surface area is 220 Å². The highest BCUT2D eigenvalue weighted by Gasteiger charge is 2.30. The predicted molar refractivity (Wildman–Crippen MR) is 142 cm³/mol. The van der Waals surface area contributed by atoms with E-state index in [0.29, 0.717) is 30.6 Å². The van der Waals surface area contributed by atoms with Gasteiger partial charge in [-0.2, -0.15) is 4.31 Å². The van der Waals surface area contributed by atoms with Gasteiger partial charge in [0.15, 0.2) is 0 Å². The first-order chi connectivity index (χ1) is 16.8. The van der Waals surface area contributed by atoms with Crippen LogP contribution in [0.2, 0.25) is 5.02 Å². The average molecular weight is 542 g/mol. The summed E-state index contributed by atoms with van der Waals surface area (Å²) in [7, 11) is -3.62. The van der Waals surface area contributed by atoms with Gasteiger partial charge in [-0.25, -0.2) is 13.2 Å². The Balaban J connectivity index is 1.39. The quantitative estimate of drug-likeness (QED) is 0.490. The molecule has 2 amide bonds. The summed E-state index contributed by atoms with van der Waals surface area (Å²) in [6, 6.07) is 4.43. The summed E-state index contributed by atoms with van der Waals surface area (Å²) in [5, 5.41) is 2.80. The van der Waals surface area contributed by atoms with Crippen LogP contribution in [0.3, 0.4) is 0 Å². The number of amides is 2. The SMILES string of the molecule is CC(=O)Nc1ccc(S(=O)(=O)N2CCC(CCCC3CCN(C(=O)OC(C)(C)C)CC3)CC2)cc1Cl. The predicted octanol–water partition coefficient (Wildman–Crippen LogP) is 5.52. The van der Waals surface area contributed by atoms with E-state index in [1.54, 1.807) is 4.31 Å². The van der Waals surface area contributed by atoms with Crippen LogP contribution in [0.25, 0.3) is 0 Å². The molecule has 0 aliphatic carbocycles. The van der Waals surface area contributed by atoms with Crippen molar-refractivity contribution in [2.24, 2.45) is 11.8 Å². The van der Waals surface area contributed by atoms with Crippen molar-refractivity contribution in [3.8, 4) is 0 Å². The van der Waals surface area contributed by atoms with Crippen molar-refractivity contribution in [3.63, 3.8) is 0 Å². The van der Waals surface area contributed by atoms with Gasteiger partial charge in [-0.3, -0.25) is 4.79 Å². The maximum Gasteiger partial charge on any atom is 0.410 e. The second-order valence-electron chi connectivity index (χ2n) is 11.0. The van der Waals surface area contributed by atoms with Gasteiger partial charge < -0.3 is 15.0 Å². The van der Waals surface area contributed by atoms with Gasteiger partial charge in [0.2, 0.25) is 15.9 Å². The van der Waals surface area contributed by atoms with Gasteiger partial charge in [-0.05, 0) is 76.5 Å². The molecule has 0 bridgehead atoms. The lowest BCUT2D eigenvalue weighted by atomic mass is 9.87. The first-order valence-corrected chi connectivity index (χ1v) is 14.7. The number of carbonyl (C=O) groups excluding carboxylic acids is 2. The van der Waals surface area contributed by atoms with E-state index in [-0.39, 0.29) is 21.9 Å². The number of hydrogen-bond acceptors (Lipinski definition) is 5. The van der Waals surface area contributed by atoms with Gasteiger partial charge in [-0.15, -0.1) is 0 Å². The van der Waals surface area contributed by atoms with Gasteiger partial charge >= 0.3 is 6.09 Å². The molecule has 2 heterocycles. The summed E-state index contributed by atoms with van der Waals surface area (Å²) in [6.45, 7) is 9.56. The highest BCUT2D eigenvalue weighted by atomic mass is 35.5. The van der Waals surface area contributed by atoms with E-state index in [9.17, 15) is 18.0 Å². The fourth-order valence-electron chi connectivity index (χ4n) is 4.96. The molecular weight excluding hydrogens is 502 g/mol. The van der Waals surface area contributed by atoms with E-state index in [2.05, 4.69) is 5.32 Å². The minimum Gasteiger partial charge on any atom is -0.444 e. The summed E-state index contributed by atoms with van der Waals surface area (Å²) in [5.74, 6) is 0.902. The molecule has 36 heavy (non-hydrogen) atoms. The van der Waals surface area contributed by atoms with E-state index in [0.717, 1.165) is 58.0 Å². The molecule has 0 saturated carbocycles. The number of halogens is 1. The molecule has 3 rings (SSSR count). The molecule has 0 unspecified atom stereocenters. The molecule has 2 aliphatic heterocycles. The molecule has 1 aromatic rings. The molecule has 0 spiro atoms. The molecule has 1 aromatic carbocycles. The third-order valence-electron chi connectivity index (χ3n) is 6.95. The van der Waals surface area contributed by atoms with Crippen molar-refractivity contribution >= 4 is 39.3 Å². The van der Waals surface area contributed by atoms with Crippen molar-refractivity contribution < 1.29 is 22.7 Å². The van der Waals surface area contributed by atoms with Crippen LogP contribution < -0.4 is 5.32 Å². The van der Waals surface area contributed by atoms with Crippen molar-refractivity contribution in [1.29, 1.82) is 0 Å². The maximum atomic E-state index is 13.1. The molecule has 10 heteroatoms. The zero-order valence-corrected chi connectivity index (χ0v) is 23.5. The number of ether oxygens (including phenoxy) is 1. The topological polar surface area (TPSA) is 96.0 Å². The number of benzene rings is 1. The van der Waals surface area contributed by atoms with Crippen LogP contribution in [0, 0.1) is 11.8 Å². The Hall–Kier alpha value is -1.84. The normalized spacial score (nSPS) is 18.8. The lowest BCUT2D eigenvalue weighted by molar-refractivity contribution is -0.114. The van der Waals surface area contributed by atoms with Crippen LogP contribution in [0.1, 0.15) is 72.6 Å². The number of sulfonamides is 1. The Morgan fingerprint density at radius 2 is 1.58 bits per heavy atom. The van der Waals surface area contributed by atoms with E-state index in [4.69, 9.17) is 16.3 Å². The van der Waals surface area contributed by atoms with Gasteiger partial charge in [-0.1, -0.05) is 30.9 Å². The zero-order chi connectivity index (χ0) is 26.5. The van der Waals surface area contributed by atoms with Crippen LogP contribution in [0.4, 0.5) is 10.5 Å². The second kappa shape index (κ2) is 12.1. The fourth-order valence-corrected chi connectivity index (χ4v) is 6.75. The zero-order valence-electron chi connectivity index (χ0n) is 21.9. The van der Waals surface area contributed by atoms with Crippen LogP contribution >= 0.6 is 11.6 Å². The molecule has 0 radical (unpaired) electrons. The van der Waals surface area contributed by atoms with Crippen molar-refractivity contribution in [2.45, 2.75) is 83.1 Å². The Morgan fingerprint density at radius 1 is 1.03 bits per heavy atom. The standard InChI is InChI=1S/C26H40ClN3O5S/c1-19(31)28-24-9-8-22(18-23(24)27)36(33,34)30-16-12-21(13-17-30)7-5-6-20-10-14-29(15-11-20)25(32)35-26(2,3)4/h8-9,18,20-21H,5-7,10-17H2,1-4H3,(H,28,31). The van der Waals surface area contributed by atoms with Crippen molar-refractivity contribution in [3.05, 3.63) is 23.2 Å². The smallest absolute Gasteiger partial charge is 0.410 e. The fraction of sp³-hybridized carbons (Fsp3) is 0.692. The summed E-state index contributed by atoms with van der Waals surface area (Å²) in [6.07, 6.45) is 6.92. The van der Waals surface area contributed by atoms with Gasteiger partial charge in [0.05, 0.1) is 15.6 Å². The van der Waals surface area contributed by atoms with Crippen LogP contribution in [-0.2, 0) is 19.6 Å². The largest absolute Gasteiger partial charge is 0.444 e.